The molecule has 1 rings (SSSR count). The largest absolute Gasteiger partial charge is 0.496 e. The van der Waals surface area contributed by atoms with Gasteiger partial charge in [-0.05, 0) is 18.6 Å². The van der Waals surface area contributed by atoms with Crippen molar-refractivity contribution in [2.24, 2.45) is 0 Å². The van der Waals surface area contributed by atoms with E-state index in [4.69, 9.17) is 4.74 Å². The topological polar surface area (TPSA) is 81.5 Å². The second-order valence-corrected chi connectivity index (χ2v) is 3.79. The van der Waals surface area contributed by atoms with Crippen molar-refractivity contribution in [2.75, 3.05) is 12.4 Å². The van der Waals surface area contributed by atoms with Gasteiger partial charge in [0.1, 0.15) is 11.4 Å². The molecule has 1 aromatic rings. The first-order valence-electron chi connectivity index (χ1n) is 5.70. The average Bonchev–Trinajstić information content (AvgIpc) is 2.36. The molecule has 0 aromatic heterocycles. The van der Waals surface area contributed by atoms with E-state index in [1.54, 1.807) is 6.07 Å². The quantitative estimate of drug-likeness (QED) is 0.623. The van der Waals surface area contributed by atoms with Crippen molar-refractivity contribution in [2.45, 2.75) is 26.2 Å². The maximum Gasteiger partial charge on any atom is 0.296 e. The van der Waals surface area contributed by atoms with E-state index < -0.39 is 4.92 Å². The minimum atomic E-state index is -0.544. The molecule has 0 atom stereocenters. The Morgan fingerprint density at radius 3 is 2.78 bits per heavy atom. The third-order valence-electron chi connectivity index (χ3n) is 2.43. The Morgan fingerprint density at radius 2 is 2.22 bits per heavy atom. The number of nitrogens with zero attached hydrogens (tertiary/aromatic N) is 1. The van der Waals surface area contributed by atoms with Crippen LogP contribution in [0.1, 0.15) is 26.2 Å². The zero-order chi connectivity index (χ0) is 13.5. The molecular formula is C12H16N2O4. The summed E-state index contributed by atoms with van der Waals surface area (Å²) in [5, 5.41) is 13.4. The molecule has 98 valence electrons. The van der Waals surface area contributed by atoms with E-state index >= 15 is 0 Å². The molecule has 0 aliphatic heterocycles. The number of nitro benzene ring substituents is 1. The second kappa shape index (κ2) is 6.58. The van der Waals surface area contributed by atoms with Crippen molar-refractivity contribution in [1.82, 2.24) is 0 Å². The van der Waals surface area contributed by atoms with Gasteiger partial charge in [-0.1, -0.05) is 13.3 Å². The summed E-state index contributed by atoms with van der Waals surface area (Å²) < 4.78 is 4.91. The highest BCUT2D eigenvalue weighted by Crippen LogP contribution is 2.29. The maximum absolute atomic E-state index is 11.5. The standard InChI is InChI=1S/C12H16N2O4/c1-3-4-5-12(15)13-10-7-6-9(18-2)8-11(10)14(16)17/h6-8H,3-5H2,1-2H3,(H,13,15). The van der Waals surface area contributed by atoms with Gasteiger partial charge < -0.3 is 10.1 Å². The number of hydrogen-bond donors (Lipinski definition) is 1. The SMILES string of the molecule is CCCCC(=O)Nc1ccc(OC)cc1[N+](=O)[O-]. The van der Waals surface area contributed by atoms with Crippen LogP contribution >= 0.6 is 0 Å². The monoisotopic (exact) mass is 252 g/mol. The lowest BCUT2D eigenvalue weighted by Gasteiger charge is -2.07. The number of carbonyl (C=O) groups is 1. The Hall–Kier alpha value is -2.11. The number of carbonyl (C=O) groups excluding carboxylic acids is 1. The number of nitro groups is 1. The summed E-state index contributed by atoms with van der Waals surface area (Å²) in [6.07, 6.45) is 2.02. The molecule has 0 unspecified atom stereocenters. The van der Waals surface area contributed by atoms with Crippen LogP contribution in [0, 0.1) is 10.1 Å². The fourth-order valence-corrected chi connectivity index (χ4v) is 1.45. The van der Waals surface area contributed by atoms with Crippen molar-refractivity contribution in [1.29, 1.82) is 0 Å². The summed E-state index contributed by atoms with van der Waals surface area (Å²) in [5.41, 5.74) is 0.0288. The minimum Gasteiger partial charge on any atom is -0.496 e. The lowest BCUT2D eigenvalue weighted by molar-refractivity contribution is -0.384. The van der Waals surface area contributed by atoms with Gasteiger partial charge in [0.05, 0.1) is 18.1 Å². The first kappa shape index (κ1) is 14.0. The Morgan fingerprint density at radius 1 is 1.50 bits per heavy atom. The molecule has 0 bridgehead atoms. The molecule has 1 amide bonds. The fourth-order valence-electron chi connectivity index (χ4n) is 1.45. The molecule has 0 saturated carbocycles. The maximum atomic E-state index is 11.5. The Labute approximate surface area is 105 Å². The van der Waals surface area contributed by atoms with Gasteiger partial charge in [0.15, 0.2) is 0 Å². The summed E-state index contributed by atoms with van der Waals surface area (Å²) in [7, 11) is 1.43. The molecule has 1 N–H and O–H groups in total. The summed E-state index contributed by atoms with van der Waals surface area (Å²) in [5.74, 6) is 0.165. The van der Waals surface area contributed by atoms with E-state index in [2.05, 4.69) is 5.32 Å². The van der Waals surface area contributed by atoms with Crippen molar-refractivity contribution in [3.05, 3.63) is 28.3 Å². The number of anilines is 1. The molecular weight excluding hydrogens is 236 g/mol. The lowest BCUT2D eigenvalue weighted by atomic mass is 10.2. The highest BCUT2D eigenvalue weighted by atomic mass is 16.6. The van der Waals surface area contributed by atoms with Crippen molar-refractivity contribution < 1.29 is 14.5 Å². The third-order valence-corrected chi connectivity index (χ3v) is 2.43. The zero-order valence-electron chi connectivity index (χ0n) is 10.4. The van der Waals surface area contributed by atoms with Gasteiger partial charge in [-0.15, -0.1) is 0 Å². The predicted molar refractivity (Wildman–Crippen MR) is 67.8 cm³/mol. The fraction of sp³-hybridized carbons (Fsp3) is 0.417. The molecule has 6 heteroatoms. The van der Waals surface area contributed by atoms with Crippen LogP contribution in [0.4, 0.5) is 11.4 Å². The van der Waals surface area contributed by atoms with Gasteiger partial charge in [-0.3, -0.25) is 14.9 Å². The van der Waals surface area contributed by atoms with Crippen LogP contribution in [0.15, 0.2) is 18.2 Å². The molecule has 0 saturated heterocycles. The van der Waals surface area contributed by atoms with E-state index in [1.807, 2.05) is 6.92 Å². The smallest absolute Gasteiger partial charge is 0.296 e. The van der Waals surface area contributed by atoms with Crippen molar-refractivity contribution >= 4 is 17.3 Å². The van der Waals surface area contributed by atoms with Gasteiger partial charge in [-0.2, -0.15) is 0 Å². The van der Waals surface area contributed by atoms with Crippen LogP contribution in [0.2, 0.25) is 0 Å². The second-order valence-electron chi connectivity index (χ2n) is 3.79. The molecule has 6 nitrogen and oxygen atoms in total. The number of unbranched alkanes of at least 4 members (excludes halogenated alkanes) is 1. The normalized spacial score (nSPS) is 9.89. The number of hydrogen-bond acceptors (Lipinski definition) is 4. The van der Waals surface area contributed by atoms with Crippen molar-refractivity contribution in [3.8, 4) is 5.75 Å². The van der Waals surface area contributed by atoms with Gasteiger partial charge in [-0.25, -0.2) is 0 Å². The zero-order valence-corrected chi connectivity index (χ0v) is 10.4. The van der Waals surface area contributed by atoms with E-state index in [0.717, 1.165) is 12.8 Å². The highest BCUT2D eigenvalue weighted by molar-refractivity contribution is 5.93. The summed E-state index contributed by atoms with van der Waals surface area (Å²) >= 11 is 0. The number of nitrogens with one attached hydrogen (secondary N) is 1. The number of amides is 1. The molecule has 0 aliphatic rings. The summed E-state index contributed by atoms with van der Waals surface area (Å²) in [6.45, 7) is 1.98. The Balaban J connectivity index is 2.87. The Bertz CT molecular complexity index is 446. The van der Waals surface area contributed by atoms with Gasteiger partial charge in [0.2, 0.25) is 5.91 Å². The minimum absolute atomic E-state index is 0.167. The highest BCUT2D eigenvalue weighted by Gasteiger charge is 2.16. The van der Waals surface area contributed by atoms with E-state index in [9.17, 15) is 14.9 Å². The van der Waals surface area contributed by atoms with Crippen LogP contribution in [-0.4, -0.2) is 17.9 Å². The predicted octanol–water partition coefficient (Wildman–Crippen LogP) is 2.73. The average molecular weight is 252 g/mol. The van der Waals surface area contributed by atoms with Crippen LogP contribution in [0.5, 0.6) is 5.75 Å². The number of rotatable bonds is 6. The molecule has 1 aromatic carbocycles. The van der Waals surface area contributed by atoms with Gasteiger partial charge in [0.25, 0.3) is 5.69 Å². The van der Waals surface area contributed by atoms with E-state index in [-0.39, 0.29) is 17.3 Å². The number of methoxy groups -OCH3 is 1. The van der Waals surface area contributed by atoms with Crippen LogP contribution in [0.25, 0.3) is 0 Å². The summed E-state index contributed by atoms with van der Waals surface area (Å²) in [6, 6.07) is 4.33. The molecule has 18 heavy (non-hydrogen) atoms. The van der Waals surface area contributed by atoms with Gasteiger partial charge >= 0.3 is 0 Å². The van der Waals surface area contributed by atoms with Crippen LogP contribution in [-0.2, 0) is 4.79 Å². The van der Waals surface area contributed by atoms with Gasteiger partial charge in [0, 0.05) is 6.42 Å². The first-order chi connectivity index (χ1) is 8.58. The van der Waals surface area contributed by atoms with E-state index in [1.165, 1.54) is 19.2 Å². The summed E-state index contributed by atoms with van der Waals surface area (Å²) in [4.78, 5) is 21.9. The molecule has 0 spiro atoms. The lowest BCUT2D eigenvalue weighted by Crippen LogP contribution is -2.12. The van der Waals surface area contributed by atoms with Crippen molar-refractivity contribution in [3.63, 3.8) is 0 Å². The Kier molecular flexibility index (Phi) is 5.10. The molecule has 0 radical (unpaired) electrons. The molecule has 0 fully saturated rings. The number of ether oxygens (including phenoxy) is 1. The van der Waals surface area contributed by atoms with Crippen LogP contribution < -0.4 is 10.1 Å². The number of benzene rings is 1. The molecule has 0 aliphatic carbocycles. The first-order valence-corrected chi connectivity index (χ1v) is 5.70. The van der Waals surface area contributed by atoms with Crippen LogP contribution in [0.3, 0.4) is 0 Å². The molecule has 0 heterocycles. The third kappa shape index (κ3) is 3.73. The van der Waals surface area contributed by atoms with E-state index in [0.29, 0.717) is 12.2 Å².